The Bertz CT molecular complexity index is 1020. The van der Waals surface area contributed by atoms with Crippen LogP contribution in [0, 0.1) is 0 Å². The number of ether oxygens (including phenoxy) is 1. The van der Waals surface area contributed by atoms with Gasteiger partial charge in [0.25, 0.3) is 11.8 Å². The van der Waals surface area contributed by atoms with Gasteiger partial charge in [0.1, 0.15) is 0 Å². The Labute approximate surface area is 189 Å². The lowest BCUT2D eigenvalue weighted by atomic mass is 10.2. The maximum Gasteiger partial charge on any atom is 0.265 e. The number of anilines is 2. The van der Waals surface area contributed by atoms with E-state index in [0.717, 1.165) is 25.3 Å². The lowest BCUT2D eigenvalue weighted by Crippen LogP contribution is -2.44. The fraction of sp³-hybridized carbons (Fsp3) is 0.318. The third-order valence-corrected chi connectivity index (χ3v) is 6.48. The van der Waals surface area contributed by atoms with Gasteiger partial charge in [0.15, 0.2) is 5.13 Å². The van der Waals surface area contributed by atoms with E-state index in [4.69, 9.17) is 4.74 Å². The van der Waals surface area contributed by atoms with Crippen molar-refractivity contribution in [2.24, 2.45) is 0 Å². The number of thiazole rings is 1. The zero-order chi connectivity index (χ0) is 21.8. The summed E-state index contributed by atoms with van der Waals surface area (Å²) in [4.78, 5) is 32.2. The van der Waals surface area contributed by atoms with Crippen molar-refractivity contribution in [2.75, 3.05) is 23.7 Å². The highest BCUT2D eigenvalue weighted by Crippen LogP contribution is 2.20. The average molecular weight is 457 g/mol. The minimum absolute atomic E-state index is 0.161. The molecule has 9 heteroatoms. The summed E-state index contributed by atoms with van der Waals surface area (Å²) >= 11 is 2.80. The van der Waals surface area contributed by atoms with E-state index in [-0.39, 0.29) is 24.0 Å². The van der Waals surface area contributed by atoms with Crippen LogP contribution in [0.5, 0.6) is 0 Å². The van der Waals surface area contributed by atoms with Crippen LogP contribution in [0.3, 0.4) is 0 Å². The zero-order valence-corrected chi connectivity index (χ0v) is 19.0. The molecule has 1 aliphatic heterocycles. The number of carbonyl (C=O) groups is 2. The van der Waals surface area contributed by atoms with Gasteiger partial charge in [0.05, 0.1) is 22.8 Å². The molecule has 162 valence electrons. The third kappa shape index (κ3) is 5.76. The predicted molar refractivity (Wildman–Crippen MR) is 124 cm³/mol. The summed E-state index contributed by atoms with van der Waals surface area (Å²) in [7, 11) is 0. The fourth-order valence-corrected chi connectivity index (χ4v) is 4.87. The highest BCUT2D eigenvalue weighted by molar-refractivity contribution is 7.14. The maximum absolute atomic E-state index is 12.6. The number of thiophene rings is 1. The first kappa shape index (κ1) is 21.6. The summed E-state index contributed by atoms with van der Waals surface area (Å²) in [6.07, 6.45) is 0.416. The largest absolute Gasteiger partial charge is 0.373 e. The molecule has 0 unspecified atom stereocenters. The van der Waals surface area contributed by atoms with Crippen LogP contribution in [0.2, 0.25) is 0 Å². The summed E-state index contributed by atoms with van der Waals surface area (Å²) in [6, 6.07) is 10.4. The van der Waals surface area contributed by atoms with Gasteiger partial charge in [-0.2, -0.15) is 0 Å². The minimum Gasteiger partial charge on any atom is -0.373 e. The Morgan fingerprint density at radius 2 is 1.81 bits per heavy atom. The molecule has 0 aliphatic carbocycles. The molecule has 3 aromatic rings. The summed E-state index contributed by atoms with van der Waals surface area (Å²) in [5.41, 5.74) is 2.08. The van der Waals surface area contributed by atoms with Crippen LogP contribution in [0.4, 0.5) is 10.8 Å². The first-order chi connectivity index (χ1) is 15.0. The second-order valence-corrected chi connectivity index (χ2v) is 9.36. The molecule has 1 fully saturated rings. The Balaban J connectivity index is 1.32. The van der Waals surface area contributed by atoms with Crippen LogP contribution >= 0.6 is 22.7 Å². The van der Waals surface area contributed by atoms with Crippen molar-refractivity contribution in [3.8, 4) is 0 Å². The molecule has 0 radical (unpaired) electrons. The van der Waals surface area contributed by atoms with Gasteiger partial charge in [-0.05, 0) is 49.6 Å². The van der Waals surface area contributed by atoms with Gasteiger partial charge in [0, 0.05) is 36.3 Å². The topological polar surface area (TPSA) is 83.6 Å². The summed E-state index contributed by atoms with van der Waals surface area (Å²) in [6.45, 7) is 6.64. The van der Waals surface area contributed by atoms with E-state index < -0.39 is 0 Å². The molecule has 31 heavy (non-hydrogen) atoms. The van der Waals surface area contributed by atoms with Gasteiger partial charge >= 0.3 is 0 Å². The lowest BCUT2D eigenvalue weighted by Gasteiger charge is -2.34. The third-order valence-electron chi connectivity index (χ3n) is 4.80. The van der Waals surface area contributed by atoms with E-state index in [1.54, 1.807) is 30.3 Å². The maximum atomic E-state index is 12.6. The first-order valence-corrected chi connectivity index (χ1v) is 11.8. The average Bonchev–Trinajstić information content (AvgIpc) is 3.40. The Kier molecular flexibility index (Phi) is 6.77. The zero-order valence-electron chi connectivity index (χ0n) is 17.3. The highest BCUT2D eigenvalue weighted by atomic mass is 32.1. The molecule has 2 amide bonds. The van der Waals surface area contributed by atoms with Gasteiger partial charge in [0.2, 0.25) is 0 Å². The molecule has 2 atom stereocenters. The molecule has 2 aromatic heterocycles. The van der Waals surface area contributed by atoms with Crippen LogP contribution in [-0.2, 0) is 11.3 Å². The minimum atomic E-state index is -0.231. The number of morpholine rings is 1. The highest BCUT2D eigenvalue weighted by Gasteiger charge is 2.23. The summed E-state index contributed by atoms with van der Waals surface area (Å²) in [5, 5.41) is 10.1. The van der Waals surface area contributed by atoms with E-state index in [9.17, 15) is 9.59 Å². The molecule has 1 aromatic carbocycles. The number of rotatable bonds is 6. The number of nitrogens with one attached hydrogen (secondary N) is 2. The van der Waals surface area contributed by atoms with Crippen LogP contribution < -0.4 is 10.6 Å². The first-order valence-electron chi connectivity index (χ1n) is 10.0. The van der Waals surface area contributed by atoms with Crippen molar-refractivity contribution in [1.82, 2.24) is 9.88 Å². The van der Waals surface area contributed by atoms with Crippen molar-refractivity contribution in [3.63, 3.8) is 0 Å². The van der Waals surface area contributed by atoms with Gasteiger partial charge in [-0.3, -0.25) is 19.8 Å². The molecule has 0 spiro atoms. The molecule has 1 saturated heterocycles. The van der Waals surface area contributed by atoms with Crippen molar-refractivity contribution >= 4 is 45.3 Å². The van der Waals surface area contributed by atoms with E-state index in [1.165, 1.54) is 22.7 Å². The molecule has 1 aliphatic rings. The van der Waals surface area contributed by atoms with Crippen molar-refractivity contribution < 1.29 is 14.3 Å². The molecular formula is C22H24N4O3S2. The van der Waals surface area contributed by atoms with E-state index in [1.807, 2.05) is 16.8 Å². The van der Waals surface area contributed by atoms with Gasteiger partial charge < -0.3 is 10.1 Å². The molecule has 0 saturated carbocycles. The number of hydrogen-bond donors (Lipinski definition) is 2. The van der Waals surface area contributed by atoms with Crippen molar-refractivity contribution in [2.45, 2.75) is 32.6 Å². The quantitative estimate of drug-likeness (QED) is 0.577. The summed E-state index contributed by atoms with van der Waals surface area (Å²) in [5.74, 6) is -0.391. The molecule has 4 rings (SSSR count). The smallest absolute Gasteiger partial charge is 0.265 e. The normalized spacial score (nSPS) is 19.2. The predicted octanol–water partition coefficient (Wildman–Crippen LogP) is 4.32. The van der Waals surface area contributed by atoms with Crippen LogP contribution in [-0.4, -0.2) is 47.0 Å². The number of carbonyl (C=O) groups excluding carboxylic acids is 2. The monoisotopic (exact) mass is 456 g/mol. The standard InChI is InChI=1S/C22H24N4O3S2/c1-14-10-26(11-15(2)29-14)12-18-13-31-22(24-18)25-20(27)16-5-7-17(8-6-16)23-21(28)19-4-3-9-30-19/h3-9,13-15H,10-12H2,1-2H3,(H,23,28)(H,24,25,27)/t14-,15+. The fourth-order valence-electron chi connectivity index (χ4n) is 3.55. The van der Waals surface area contributed by atoms with Crippen molar-refractivity contribution in [1.29, 1.82) is 0 Å². The molecule has 2 N–H and O–H groups in total. The second kappa shape index (κ2) is 9.69. The van der Waals surface area contributed by atoms with Crippen molar-refractivity contribution in [3.05, 3.63) is 63.3 Å². The van der Waals surface area contributed by atoms with Crippen LogP contribution in [0.1, 0.15) is 39.6 Å². The second-order valence-electron chi connectivity index (χ2n) is 7.56. The van der Waals surface area contributed by atoms with E-state index in [0.29, 0.717) is 21.3 Å². The summed E-state index contributed by atoms with van der Waals surface area (Å²) < 4.78 is 5.77. The molecular weight excluding hydrogens is 432 g/mol. The Morgan fingerprint density at radius 3 is 2.48 bits per heavy atom. The molecule has 0 bridgehead atoms. The van der Waals surface area contributed by atoms with Crippen LogP contribution in [0.15, 0.2) is 47.2 Å². The molecule has 7 nitrogen and oxygen atoms in total. The number of nitrogens with zero attached hydrogens (tertiary/aromatic N) is 2. The molecule has 3 heterocycles. The lowest BCUT2D eigenvalue weighted by molar-refractivity contribution is -0.0707. The van der Waals surface area contributed by atoms with Crippen LogP contribution in [0.25, 0.3) is 0 Å². The SMILES string of the molecule is C[C@@H]1CN(Cc2csc(NC(=O)c3ccc(NC(=O)c4cccs4)cc3)n2)C[C@H](C)O1. The Hall–Kier alpha value is -2.59. The van der Waals surface area contributed by atoms with Gasteiger partial charge in [-0.1, -0.05) is 6.07 Å². The van der Waals surface area contributed by atoms with E-state index in [2.05, 4.69) is 34.4 Å². The van der Waals surface area contributed by atoms with Gasteiger partial charge in [-0.25, -0.2) is 4.98 Å². The number of aromatic nitrogens is 1. The van der Waals surface area contributed by atoms with Gasteiger partial charge in [-0.15, -0.1) is 22.7 Å². The Morgan fingerprint density at radius 1 is 1.06 bits per heavy atom. The number of amides is 2. The number of benzene rings is 1. The van der Waals surface area contributed by atoms with E-state index >= 15 is 0 Å². The number of hydrogen-bond acceptors (Lipinski definition) is 7.